The van der Waals surface area contributed by atoms with Crippen molar-refractivity contribution in [1.82, 2.24) is 9.66 Å². The summed E-state index contributed by atoms with van der Waals surface area (Å²) in [4.78, 5) is 39.9. The molecule has 0 bridgehead atoms. The summed E-state index contributed by atoms with van der Waals surface area (Å²) in [5.41, 5.74) is 2.29. The molecule has 96 valence electrons. The Morgan fingerprint density at radius 1 is 0.944 bits per heavy atom. The Labute approximate surface area is 94.2 Å². The molecule has 0 saturated carbocycles. The van der Waals surface area contributed by atoms with Crippen LogP contribution in [0.1, 0.15) is 0 Å². The van der Waals surface area contributed by atoms with E-state index in [9.17, 15) is 40.5 Å². The smallest absolute Gasteiger partial charge is 0.389 e. The van der Waals surface area contributed by atoms with E-state index in [2.05, 4.69) is 10.5 Å². The largest absolute Gasteiger partial charge is 0.500 e. The zero-order valence-electron chi connectivity index (χ0n) is 7.90. The second kappa shape index (κ2) is 4.23. The second-order valence-electron chi connectivity index (χ2n) is 2.47. The summed E-state index contributed by atoms with van der Waals surface area (Å²) in [5, 5.41) is 39.9. The Kier molecular flexibility index (Phi) is 2.98. The molecule has 0 aliphatic heterocycles. The van der Waals surface area contributed by atoms with E-state index in [-0.39, 0.29) is 0 Å². The molecule has 1 rings (SSSR count). The molecule has 0 spiro atoms. The minimum absolute atomic E-state index is 0.432. The van der Waals surface area contributed by atoms with E-state index in [0.29, 0.717) is 0 Å². The molecule has 0 aliphatic rings. The van der Waals surface area contributed by atoms with Crippen LogP contribution in [-0.4, -0.2) is 29.5 Å². The van der Waals surface area contributed by atoms with Gasteiger partial charge in [-0.3, -0.25) is 5.53 Å². The molecule has 0 saturated heterocycles. The van der Waals surface area contributed by atoms with Crippen LogP contribution in [-0.2, 0) is 0 Å². The highest BCUT2D eigenvalue weighted by molar-refractivity contribution is 5.47. The predicted molar refractivity (Wildman–Crippen MR) is 47.9 cm³/mol. The van der Waals surface area contributed by atoms with Gasteiger partial charge in [0.05, 0.1) is 4.98 Å². The van der Waals surface area contributed by atoms with Crippen LogP contribution in [0.2, 0.25) is 0 Å². The average Bonchev–Trinajstić information content (AvgIpc) is 2.56. The first-order chi connectivity index (χ1) is 8.25. The molecule has 0 N–H and O–H groups in total. The first-order valence-electron chi connectivity index (χ1n) is 3.68. The molecular weight excluding hydrogens is 262 g/mol. The van der Waals surface area contributed by atoms with Crippen LogP contribution >= 0.6 is 0 Å². The van der Waals surface area contributed by atoms with E-state index < -0.39 is 42.1 Å². The van der Waals surface area contributed by atoms with Crippen molar-refractivity contribution in [3.05, 3.63) is 46.0 Å². The quantitative estimate of drug-likeness (QED) is 0.513. The van der Waals surface area contributed by atoms with Crippen molar-refractivity contribution in [2.75, 3.05) is 0 Å². The van der Waals surface area contributed by atoms with Crippen LogP contribution in [0.25, 0.3) is 5.53 Å². The topological polar surface area (TPSA) is 204 Å². The predicted octanol–water partition coefficient (Wildman–Crippen LogP) is -0.0638. The van der Waals surface area contributed by atoms with Crippen LogP contribution in [0, 0.1) is 40.5 Å². The lowest BCUT2D eigenvalue weighted by Crippen LogP contribution is -2.07. The highest BCUT2D eigenvalue weighted by Crippen LogP contribution is 2.32. The Morgan fingerprint density at radius 3 is 1.83 bits per heavy atom. The van der Waals surface area contributed by atoms with E-state index in [1.54, 1.807) is 0 Å². The fraction of sp³-hybridized carbons (Fsp3) is 0. The summed E-state index contributed by atoms with van der Waals surface area (Å²) in [6.45, 7) is 0. The molecule has 0 fully saturated rings. The van der Waals surface area contributed by atoms with Crippen LogP contribution < -0.4 is 0 Å². The van der Waals surface area contributed by atoms with Gasteiger partial charge in [-0.25, -0.2) is 0 Å². The maximum atomic E-state index is 10.5. The number of rotatable bonds is 5. The molecule has 0 atom stereocenters. The minimum Gasteiger partial charge on any atom is -0.389 e. The Balaban J connectivity index is 3.60. The fourth-order valence-corrected chi connectivity index (χ4v) is 0.937. The van der Waals surface area contributed by atoms with Crippen LogP contribution in [0.3, 0.4) is 0 Å². The van der Waals surface area contributed by atoms with E-state index in [0.717, 1.165) is 0 Å². The lowest BCUT2D eigenvalue weighted by molar-refractivity contribution is -0.452. The maximum absolute atomic E-state index is 10.5. The Morgan fingerprint density at radius 2 is 1.50 bits per heavy atom. The van der Waals surface area contributed by atoms with Gasteiger partial charge in [-0.15, -0.1) is 5.03 Å². The lowest BCUT2D eigenvalue weighted by Gasteiger charge is -2.11. The van der Waals surface area contributed by atoms with Gasteiger partial charge in [-0.05, 0) is 14.8 Å². The second-order valence-corrected chi connectivity index (χ2v) is 2.47. The van der Waals surface area contributed by atoms with Crippen molar-refractivity contribution in [1.29, 1.82) is 0 Å². The van der Waals surface area contributed by atoms with Gasteiger partial charge in [0.1, 0.15) is 0 Å². The molecule has 1 aromatic rings. The summed E-state index contributed by atoms with van der Waals surface area (Å²) in [6.07, 6.45) is 0. The van der Waals surface area contributed by atoms with E-state index >= 15 is 0 Å². The summed E-state index contributed by atoms with van der Waals surface area (Å²) >= 11 is 0. The van der Waals surface area contributed by atoms with Gasteiger partial charge in [0, 0.05) is 0 Å². The van der Waals surface area contributed by atoms with Crippen LogP contribution in [0.4, 0.5) is 17.6 Å². The monoisotopic (exact) mass is 262 g/mol. The van der Waals surface area contributed by atoms with Crippen molar-refractivity contribution >= 4 is 17.6 Å². The van der Waals surface area contributed by atoms with E-state index in [1.807, 2.05) is 0 Å². The fourth-order valence-electron chi connectivity index (χ4n) is 0.937. The third-order valence-electron chi connectivity index (χ3n) is 1.47. The van der Waals surface area contributed by atoms with Gasteiger partial charge in [0.15, 0.2) is 0 Å². The van der Waals surface area contributed by atoms with Crippen molar-refractivity contribution in [2.24, 2.45) is 0 Å². The normalized spacial score (nSPS) is 9.78. The minimum atomic E-state index is -1.58. The van der Waals surface area contributed by atoms with Gasteiger partial charge in [0.25, 0.3) is 0 Å². The van der Waals surface area contributed by atoms with E-state index in [4.69, 9.17) is 0 Å². The Hall–Kier alpha value is -3.39. The summed E-state index contributed by atoms with van der Waals surface area (Å²) < 4.78 is -0.432. The van der Waals surface area contributed by atoms with Crippen molar-refractivity contribution in [3.63, 3.8) is 0 Å². The van der Waals surface area contributed by atoms with Gasteiger partial charge in [0.2, 0.25) is 0 Å². The number of hydrogen-bond acceptors (Lipinski definition) is 9. The molecule has 0 radical (unpaired) electrons. The third-order valence-corrected chi connectivity index (χ3v) is 1.47. The highest BCUT2D eigenvalue weighted by atomic mass is 16.7. The number of nitrogens with zero attached hydrogens (tertiary/aromatic N) is 7. The van der Waals surface area contributed by atoms with E-state index in [1.165, 1.54) is 0 Å². The van der Waals surface area contributed by atoms with Gasteiger partial charge in [-0.1, -0.05) is 0 Å². The zero-order valence-corrected chi connectivity index (χ0v) is 7.90. The molecule has 15 nitrogen and oxygen atoms in total. The number of nitro groups is 4. The van der Waals surface area contributed by atoms with Gasteiger partial charge < -0.3 is 40.5 Å². The van der Waals surface area contributed by atoms with Crippen molar-refractivity contribution in [2.45, 2.75) is 0 Å². The maximum Gasteiger partial charge on any atom is 0.500 e. The third kappa shape index (κ3) is 2.08. The first-order valence-corrected chi connectivity index (χ1v) is 3.68. The Bertz CT molecular complexity index is 559. The molecule has 0 aromatic carbocycles. The van der Waals surface area contributed by atoms with Crippen LogP contribution in [0.15, 0.2) is 0 Å². The van der Waals surface area contributed by atoms with Crippen molar-refractivity contribution in [3.8, 4) is 0 Å². The molecule has 18 heavy (non-hydrogen) atoms. The summed E-state index contributed by atoms with van der Waals surface area (Å²) in [6, 6.07) is 0. The molecular formula is C3N7O8-. The number of hydrogen-bond donors (Lipinski definition) is 0. The molecule has 0 amide bonds. The molecule has 1 heterocycles. The zero-order chi connectivity index (χ0) is 14.0. The average molecular weight is 262 g/mol. The molecule has 0 aliphatic carbocycles. The molecule has 0 unspecified atom stereocenters. The molecule has 15 heteroatoms. The van der Waals surface area contributed by atoms with Gasteiger partial charge in [-0.2, -0.15) is 4.68 Å². The SMILES string of the molecule is O=[N+]([O-])[N-]n1c([N+](=O)[O-])nc([N+](=O)[O-])c1[N+](=O)[O-]. The first kappa shape index (κ1) is 12.7. The number of aromatic nitrogens is 2. The summed E-state index contributed by atoms with van der Waals surface area (Å²) in [5.74, 6) is -4.61. The van der Waals surface area contributed by atoms with Crippen molar-refractivity contribution < 1.29 is 19.8 Å². The molecule has 1 aromatic heterocycles. The van der Waals surface area contributed by atoms with Gasteiger partial charge >= 0.3 is 17.6 Å². The highest BCUT2D eigenvalue weighted by Gasteiger charge is 2.38. The van der Waals surface area contributed by atoms with Crippen LogP contribution in [0.5, 0.6) is 0 Å². The summed E-state index contributed by atoms with van der Waals surface area (Å²) in [7, 11) is 0. The lowest BCUT2D eigenvalue weighted by atomic mass is 10.7. The number of imidazole rings is 1. The standard InChI is InChI=1S/C3N7O8/c11-7(12)1-2(8(13)14)6(5-10(17)18)3(4-1)9(15)16/q-1.